The van der Waals surface area contributed by atoms with Gasteiger partial charge in [0.15, 0.2) is 0 Å². The monoisotopic (exact) mass is 415 g/mol. The molecule has 4 aliphatic carbocycles. The number of nitrogens with zero attached hydrogens (tertiary/aromatic N) is 1. The summed E-state index contributed by atoms with van der Waals surface area (Å²) in [4.78, 5) is 2.64. The molecule has 0 aromatic carbocycles. The molecule has 4 saturated carbocycles. The van der Waals surface area contributed by atoms with E-state index < -0.39 is 0 Å². The van der Waals surface area contributed by atoms with Crippen LogP contribution in [0.15, 0.2) is 0 Å². The molecule has 0 heterocycles. The van der Waals surface area contributed by atoms with Crippen LogP contribution in [0.1, 0.15) is 112 Å². The average molecular weight is 416 g/mol. The molecule has 1 nitrogen and oxygen atoms in total. The quantitative estimate of drug-likeness (QED) is 0.424. The summed E-state index contributed by atoms with van der Waals surface area (Å²) in [5, 5.41) is 0. The number of fused-ring (bicyclic) bond motifs is 5. The van der Waals surface area contributed by atoms with Gasteiger partial charge in [-0.3, -0.25) is 0 Å². The molecule has 0 bridgehead atoms. The van der Waals surface area contributed by atoms with Gasteiger partial charge in [-0.25, -0.2) is 0 Å². The molecule has 0 aliphatic heterocycles. The molecule has 0 aromatic rings. The smallest absolute Gasteiger partial charge is 0.0128 e. The third-order valence-corrected chi connectivity index (χ3v) is 11.4. The molecular formula is C29H53N. The highest BCUT2D eigenvalue weighted by Crippen LogP contribution is 2.68. The van der Waals surface area contributed by atoms with Crippen LogP contribution in [0, 0.1) is 52.3 Å². The van der Waals surface area contributed by atoms with Crippen LogP contribution in [0.4, 0.5) is 0 Å². The van der Waals surface area contributed by atoms with Gasteiger partial charge in [0.25, 0.3) is 0 Å². The second-order valence-corrected chi connectivity index (χ2v) is 13.5. The number of hydrogen-bond donors (Lipinski definition) is 0. The molecule has 4 rings (SSSR count). The van der Waals surface area contributed by atoms with E-state index in [0.29, 0.717) is 10.8 Å². The van der Waals surface area contributed by atoms with Gasteiger partial charge in [0.2, 0.25) is 0 Å². The van der Waals surface area contributed by atoms with Crippen molar-refractivity contribution >= 4 is 0 Å². The van der Waals surface area contributed by atoms with Crippen molar-refractivity contribution < 1.29 is 0 Å². The van der Waals surface area contributed by atoms with Crippen LogP contribution in [0.3, 0.4) is 0 Å². The number of hydrogen-bond acceptors (Lipinski definition) is 1. The van der Waals surface area contributed by atoms with Gasteiger partial charge in [-0.05, 0) is 111 Å². The second kappa shape index (κ2) is 8.72. The maximum atomic E-state index is 2.76. The van der Waals surface area contributed by atoms with E-state index >= 15 is 0 Å². The summed E-state index contributed by atoms with van der Waals surface area (Å²) in [7, 11) is 4.77. The fourth-order valence-corrected chi connectivity index (χ4v) is 9.94. The maximum Gasteiger partial charge on any atom is 0.0128 e. The summed E-state index contributed by atoms with van der Waals surface area (Å²) in [6.45, 7) is 12.9. The van der Waals surface area contributed by atoms with E-state index in [0.717, 1.165) is 47.5 Å². The molecule has 0 aromatic heterocycles. The summed E-state index contributed by atoms with van der Waals surface area (Å²) in [5.41, 5.74) is 1.27. The molecule has 0 radical (unpaired) electrons. The molecule has 0 saturated heterocycles. The van der Waals surface area contributed by atoms with E-state index in [1.165, 1.54) is 57.8 Å². The molecule has 4 fully saturated rings. The van der Waals surface area contributed by atoms with Crippen LogP contribution in [0.25, 0.3) is 0 Å². The van der Waals surface area contributed by atoms with E-state index in [4.69, 9.17) is 0 Å². The fourth-order valence-electron chi connectivity index (χ4n) is 9.94. The molecule has 9 atom stereocenters. The lowest BCUT2D eigenvalue weighted by molar-refractivity contribution is -0.115. The SMILES string of the molecule is CC(C)CCC[C@@H](C)[C@H]1C(N(C)C)C[C@H]2[C@@H]3CC[C@H]4CCCC[C@]4(C)[C@H]3CC[C@]12C. The third-order valence-electron chi connectivity index (χ3n) is 11.4. The van der Waals surface area contributed by atoms with Gasteiger partial charge in [-0.15, -0.1) is 0 Å². The van der Waals surface area contributed by atoms with Crippen LogP contribution in [-0.2, 0) is 0 Å². The first-order valence-corrected chi connectivity index (χ1v) is 13.8. The molecule has 0 N–H and O–H groups in total. The Kier molecular flexibility index (Phi) is 6.72. The molecule has 1 heteroatoms. The van der Waals surface area contributed by atoms with Crippen molar-refractivity contribution in [3.63, 3.8) is 0 Å². The third kappa shape index (κ3) is 3.82. The van der Waals surface area contributed by atoms with Gasteiger partial charge in [-0.1, -0.05) is 66.7 Å². The highest BCUT2D eigenvalue weighted by molar-refractivity contribution is 5.12. The Morgan fingerprint density at radius 3 is 2.30 bits per heavy atom. The van der Waals surface area contributed by atoms with Gasteiger partial charge in [-0.2, -0.15) is 0 Å². The Balaban J connectivity index is 1.56. The largest absolute Gasteiger partial charge is 0.306 e. The van der Waals surface area contributed by atoms with Gasteiger partial charge >= 0.3 is 0 Å². The van der Waals surface area contributed by atoms with E-state index in [1.807, 2.05) is 0 Å². The molecular weight excluding hydrogens is 362 g/mol. The predicted octanol–water partition coefficient (Wildman–Crippen LogP) is 8.04. The first-order valence-electron chi connectivity index (χ1n) is 13.8. The molecule has 174 valence electrons. The van der Waals surface area contributed by atoms with Gasteiger partial charge in [0.05, 0.1) is 0 Å². The Bertz CT molecular complexity index is 581. The molecule has 4 aliphatic rings. The van der Waals surface area contributed by atoms with Crippen LogP contribution in [-0.4, -0.2) is 25.0 Å². The summed E-state index contributed by atoms with van der Waals surface area (Å²) < 4.78 is 0. The van der Waals surface area contributed by atoms with E-state index in [9.17, 15) is 0 Å². The lowest BCUT2D eigenvalue weighted by Gasteiger charge is -2.60. The standard InChI is InChI=1S/C29H53N/c1-20(2)11-10-12-21(3)27-26(30(6)7)19-25-23-15-14-22-13-8-9-17-28(22,4)24(23)16-18-29(25,27)5/h20-27H,8-19H2,1-7H3/t21-,22-,23-,24+,25+,26?,27+,28+,29+/m1/s1. The van der Waals surface area contributed by atoms with Crippen molar-refractivity contribution in [1.29, 1.82) is 0 Å². The van der Waals surface area contributed by atoms with E-state index in [2.05, 4.69) is 53.6 Å². The summed E-state index contributed by atoms with van der Waals surface area (Å²) >= 11 is 0. The van der Waals surface area contributed by atoms with Crippen molar-refractivity contribution in [2.75, 3.05) is 14.1 Å². The molecule has 0 spiro atoms. The van der Waals surface area contributed by atoms with Crippen LogP contribution in [0.2, 0.25) is 0 Å². The summed E-state index contributed by atoms with van der Waals surface area (Å²) in [5.74, 6) is 6.74. The molecule has 30 heavy (non-hydrogen) atoms. The van der Waals surface area contributed by atoms with Crippen molar-refractivity contribution in [2.45, 2.75) is 118 Å². The Morgan fingerprint density at radius 1 is 0.833 bits per heavy atom. The van der Waals surface area contributed by atoms with E-state index in [-0.39, 0.29) is 0 Å². The zero-order chi connectivity index (χ0) is 21.7. The first kappa shape index (κ1) is 23.1. The Labute approximate surface area is 189 Å². The Hall–Kier alpha value is -0.0400. The van der Waals surface area contributed by atoms with Crippen molar-refractivity contribution in [3.8, 4) is 0 Å². The van der Waals surface area contributed by atoms with Gasteiger partial charge < -0.3 is 4.90 Å². The maximum absolute atomic E-state index is 2.76. The minimum absolute atomic E-state index is 0.589. The highest BCUT2D eigenvalue weighted by atomic mass is 15.1. The molecule has 0 amide bonds. The van der Waals surface area contributed by atoms with Gasteiger partial charge in [0.1, 0.15) is 0 Å². The first-order chi connectivity index (χ1) is 14.2. The van der Waals surface area contributed by atoms with Gasteiger partial charge in [0, 0.05) is 6.04 Å². The average Bonchev–Trinajstić information content (AvgIpc) is 3.00. The molecule has 1 unspecified atom stereocenters. The number of rotatable bonds is 6. The summed E-state index contributed by atoms with van der Waals surface area (Å²) in [6, 6.07) is 0.810. The predicted molar refractivity (Wildman–Crippen MR) is 131 cm³/mol. The van der Waals surface area contributed by atoms with Crippen molar-refractivity contribution in [2.24, 2.45) is 52.3 Å². The second-order valence-electron chi connectivity index (χ2n) is 13.5. The normalized spacial score (nSPS) is 47.1. The van der Waals surface area contributed by atoms with Crippen molar-refractivity contribution in [1.82, 2.24) is 4.90 Å². The lowest BCUT2D eigenvalue weighted by Crippen LogP contribution is -2.53. The minimum Gasteiger partial charge on any atom is -0.306 e. The van der Waals surface area contributed by atoms with Crippen LogP contribution >= 0.6 is 0 Å². The van der Waals surface area contributed by atoms with E-state index in [1.54, 1.807) is 19.3 Å². The topological polar surface area (TPSA) is 3.24 Å². The zero-order valence-electron chi connectivity index (χ0n) is 21.6. The van der Waals surface area contributed by atoms with Crippen molar-refractivity contribution in [3.05, 3.63) is 0 Å². The Morgan fingerprint density at radius 2 is 1.60 bits per heavy atom. The van der Waals surface area contributed by atoms with Crippen LogP contribution in [0.5, 0.6) is 0 Å². The minimum atomic E-state index is 0.589. The van der Waals surface area contributed by atoms with Crippen LogP contribution < -0.4 is 0 Å². The zero-order valence-corrected chi connectivity index (χ0v) is 21.6. The summed E-state index contributed by atoms with van der Waals surface area (Å²) in [6.07, 6.45) is 18.0. The highest BCUT2D eigenvalue weighted by Gasteiger charge is 2.62. The fraction of sp³-hybridized carbons (Fsp3) is 1.00. The lowest BCUT2D eigenvalue weighted by atomic mass is 9.44.